The van der Waals surface area contributed by atoms with Gasteiger partial charge in [-0.15, -0.1) is 0 Å². The van der Waals surface area contributed by atoms with Gasteiger partial charge in [0, 0.05) is 54.3 Å². The molecule has 0 aliphatic carbocycles. The van der Waals surface area contributed by atoms with Crippen molar-refractivity contribution in [2.75, 3.05) is 31.1 Å². The van der Waals surface area contributed by atoms with Crippen LogP contribution in [0.15, 0.2) is 37.1 Å². The van der Waals surface area contributed by atoms with Gasteiger partial charge in [0.05, 0.1) is 27.5 Å². The van der Waals surface area contributed by atoms with Gasteiger partial charge in [0.1, 0.15) is 11.6 Å². The van der Waals surface area contributed by atoms with E-state index in [1.807, 2.05) is 30.9 Å². The van der Waals surface area contributed by atoms with Crippen molar-refractivity contribution in [3.05, 3.63) is 64.7 Å². The Bertz CT molecular complexity index is 1560. The van der Waals surface area contributed by atoms with E-state index in [-0.39, 0.29) is 22.0 Å². The van der Waals surface area contributed by atoms with E-state index in [1.54, 1.807) is 11.0 Å². The number of rotatable bonds is 3. The van der Waals surface area contributed by atoms with Crippen molar-refractivity contribution in [2.24, 2.45) is 0 Å². The number of hydrogen-bond acceptors (Lipinski definition) is 5. The van der Waals surface area contributed by atoms with Crippen molar-refractivity contribution < 1.29 is 9.18 Å². The maximum atomic E-state index is 16.2. The molecule has 7 nitrogen and oxygen atoms in total. The molecule has 1 aliphatic heterocycles. The zero-order chi connectivity index (χ0) is 24.9. The number of halogens is 2. The molecule has 0 unspecified atom stereocenters. The van der Waals surface area contributed by atoms with Crippen molar-refractivity contribution >= 4 is 45.0 Å². The Morgan fingerprint density at radius 1 is 1.26 bits per heavy atom. The summed E-state index contributed by atoms with van der Waals surface area (Å²) in [6.07, 6.45) is 2.69. The molecule has 1 amide bonds. The van der Waals surface area contributed by atoms with Crippen molar-refractivity contribution in [1.82, 2.24) is 20.1 Å². The first-order valence-corrected chi connectivity index (χ1v) is 11.5. The molecule has 1 saturated heterocycles. The number of hydrogen-bond donors (Lipinski definition) is 1. The predicted molar refractivity (Wildman–Crippen MR) is 135 cm³/mol. The SMILES string of the molecule is C=CC(=O)N1CCN(c2c(C#N)cnc3c(F)c(-c4c(C)ccc5[nH]nc(C)c45)c(Cl)cc23)CC1. The molecule has 0 saturated carbocycles. The average Bonchev–Trinajstić information content (AvgIpc) is 3.24. The lowest BCUT2D eigenvalue weighted by Gasteiger charge is -2.36. The van der Waals surface area contributed by atoms with Gasteiger partial charge in [-0.05, 0) is 37.6 Å². The number of carbonyl (C=O) groups is 1. The first-order valence-electron chi connectivity index (χ1n) is 11.2. The van der Waals surface area contributed by atoms with Gasteiger partial charge in [-0.2, -0.15) is 10.4 Å². The third-order valence-electron chi connectivity index (χ3n) is 6.60. The van der Waals surface area contributed by atoms with Crippen LogP contribution in [-0.4, -0.2) is 52.2 Å². The second-order valence-electron chi connectivity index (χ2n) is 8.58. The first-order chi connectivity index (χ1) is 16.8. The molecule has 0 bridgehead atoms. The summed E-state index contributed by atoms with van der Waals surface area (Å²) < 4.78 is 16.2. The fourth-order valence-corrected chi connectivity index (χ4v) is 5.17. The van der Waals surface area contributed by atoms with Gasteiger partial charge in [0.25, 0.3) is 0 Å². The monoisotopic (exact) mass is 488 g/mol. The number of H-pyrrole nitrogens is 1. The standard InChI is InChI=1S/C26H22ClFN6O/c1-4-20(35)33-7-9-34(10-8-33)26-16(12-29)13-30-25-17(26)11-18(27)23(24(25)28)21-14(2)5-6-19-22(21)15(3)31-32-19/h4-6,11,13H,1,7-10H2,2-3H3,(H,31,32). The van der Waals surface area contributed by atoms with Gasteiger partial charge in [-0.3, -0.25) is 14.9 Å². The summed E-state index contributed by atoms with van der Waals surface area (Å²) in [5.74, 6) is -0.683. The number of fused-ring (bicyclic) bond motifs is 2. The molecule has 1 N–H and O–H groups in total. The second kappa shape index (κ2) is 8.67. The van der Waals surface area contributed by atoms with Gasteiger partial charge in [-0.1, -0.05) is 24.2 Å². The number of aromatic nitrogens is 3. The molecule has 0 spiro atoms. The second-order valence-corrected chi connectivity index (χ2v) is 8.99. The van der Waals surface area contributed by atoms with E-state index >= 15 is 4.39 Å². The van der Waals surface area contributed by atoms with Crippen LogP contribution < -0.4 is 4.90 Å². The smallest absolute Gasteiger partial charge is 0.246 e. The van der Waals surface area contributed by atoms with Gasteiger partial charge in [0.2, 0.25) is 5.91 Å². The number of piperazine rings is 1. The number of aryl methyl sites for hydroxylation is 2. The van der Waals surface area contributed by atoms with Gasteiger partial charge < -0.3 is 9.80 Å². The number of aromatic amines is 1. The molecule has 2 aromatic heterocycles. The Morgan fingerprint density at radius 3 is 2.69 bits per heavy atom. The number of nitriles is 1. The summed E-state index contributed by atoms with van der Waals surface area (Å²) in [5.41, 5.74) is 4.37. The van der Waals surface area contributed by atoms with Crippen LogP contribution >= 0.6 is 11.6 Å². The van der Waals surface area contributed by atoms with E-state index < -0.39 is 5.82 Å². The van der Waals surface area contributed by atoms with E-state index in [0.29, 0.717) is 48.4 Å². The first kappa shape index (κ1) is 22.8. The highest BCUT2D eigenvalue weighted by Gasteiger charge is 2.27. The van der Waals surface area contributed by atoms with E-state index in [4.69, 9.17) is 11.6 Å². The molecule has 176 valence electrons. The summed E-state index contributed by atoms with van der Waals surface area (Å²) in [4.78, 5) is 20.0. The maximum Gasteiger partial charge on any atom is 0.246 e. The summed E-state index contributed by atoms with van der Waals surface area (Å²) in [6, 6.07) is 7.67. The molecule has 0 atom stereocenters. The lowest BCUT2D eigenvalue weighted by Crippen LogP contribution is -2.48. The molecule has 2 aromatic carbocycles. The third kappa shape index (κ3) is 3.60. The van der Waals surface area contributed by atoms with Gasteiger partial charge in [-0.25, -0.2) is 4.39 Å². The number of anilines is 1. The van der Waals surface area contributed by atoms with E-state index in [0.717, 1.165) is 22.2 Å². The third-order valence-corrected chi connectivity index (χ3v) is 6.90. The average molecular weight is 489 g/mol. The Balaban J connectivity index is 1.70. The zero-order valence-electron chi connectivity index (χ0n) is 19.3. The summed E-state index contributed by atoms with van der Waals surface area (Å²) in [6.45, 7) is 9.22. The van der Waals surface area contributed by atoms with Crippen LogP contribution in [0.5, 0.6) is 0 Å². The van der Waals surface area contributed by atoms with Crippen molar-refractivity contribution in [3.8, 4) is 17.2 Å². The minimum Gasteiger partial charge on any atom is -0.366 e. The number of nitrogens with zero attached hydrogens (tertiary/aromatic N) is 5. The quantitative estimate of drug-likeness (QED) is 0.414. The van der Waals surface area contributed by atoms with E-state index in [2.05, 4.69) is 27.8 Å². The van der Waals surface area contributed by atoms with Gasteiger partial charge in [0.15, 0.2) is 5.82 Å². The Kier molecular flexibility index (Phi) is 5.65. The fraction of sp³-hybridized carbons (Fsp3) is 0.231. The highest BCUT2D eigenvalue weighted by molar-refractivity contribution is 6.35. The van der Waals surface area contributed by atoms with Crippen LogP contribution in [0.3, 0.4) is 0 Å². The van der Waals surface area contributed by atoms with Crippen LogP contribution in [0.2, 0.25) is 5.02 Å². The molecule has 1 fully saturated rings. The summed E-state index contributed by atoms with van der Waals surface area (Å²) in [5, 5.41) is 18.5. The van der Waals surface area contributed by atoms with Crippen molar-refractivity contribution in [3.63, 3.8) is 0 Å². The molecule has 4 aromatic rings. The Labute approximate surface area is 206 Å². The highest BCUT2D eigenvalue weighted by atomic mass is 35.5. The molecule has 0 radical (unpaired) electrons. The predicted octanol–water partition coefficient (Wildman–Crippen LogP) is 4.89. The van der Waals surface area contributed by atoms with Crippen LogP contribution in [-0.2, 0) is 4.79 Å². The largest absolute Gasteiger partial charge is 0.366 e. The zero-order valence-corrected chi connectivity index (χ0v) is 20.1. The number of carbonyl (C=O) groups excluding carboxylic acids is 1. The topological polar surface area (TPSA) is 88.9 Å². The maximum absolute atomic E-state index is 16.2. The molecular weight excluding hydrogens is 467 g/mol. The minimum absolute atomic E-state index is 0.137. The van der Waals surface area contributed by atoms with Crippen molar-refractivity contribution in [2.45, 2.75) is 13.8 Å². The Morgan fingerprint density at radius 2 is 2.00 bits per heavy atom. The number of amides is 1. The van der Waals surface area contributed by atoms with Gasteiger partial charge >= 0.3 is 0 Å². The molecule has 3 heterocycles. The normalized spacial score (nSPS) is 13.9. The lowest BCUT2D eigenvalue weighted by molar-refractivity contribution is -0.126. The highest BCUT2D eigenvalue weighted by Crippen LogP contribution is 2.43. The summed E-state index contributed by atoms with van der Waals surface area (Å²) >= 11 is 6.76. The molecule has 5 rings (SSSR count). The van der Waals surface area contributed by atoms with Crippen LogP contribution in [0.4, 0.5) is 10.1 Å². The Hall–Kier alpha value is -3.96. The molecule has 35 heavy (non-hydrogen) atoms. The molecular formula is C26H22ClFN6O. The number of nitrogens with one attached hydrogen (secondary N) is 1. The lowest BCUT2D eigenvalue weighted by atomic mass is 9.93. The van der Waals surface area contributed by atoms with Crippen molar-refractivity contribution in [1.29, 1.82) is 5.26 Å². The van der Waals surface area contributed by atoms with E-state index in [9.17, 15) is 10.1 Å². The fourth-order valence-electron chi connectivity index (χ4n) is 4.88. The number of pyridine rings is 1. The molecule has 9 heteroatoms. The summed E-state index contributed by atoms with van der Waals surface area (Å²) in [7, 11) is 0. The number of benzene rings is 2. The molecule has 1 aliphatic rings. The van der Waals surface area contributed by atoms with E-state index in [1.165, 1.54) is 12.3 Å². The van der Waals surface area contributed by atoms with Crippen LogP contribution in [0.1, 0.15) is 16.8 Å². The van der Waals surface area contributed by atoms with Crippen LogP contribution in [0, 0.1) is 31.0 Å². The minimum atomic E-state index is -0.546. The van der Waals surface area contributed by atoms with Crippen LogP contribution in [0.25, 0.3) is 32.9 Å².